The van der Waals surface area contributed by atoms with Crippen molar-refractivity contribution in [3.8, 4) is 11.8 Å². The third-order valence-electron chi connectivity index (χ3n) is 1.67. The zero-order chi connectivity index (χ0) is 11.8. The van der Waals surface area contributed by atoms with Crippen molar-refractivity contribution in [1.82, 2.24) is 5.32 Å². The quantitative estimate of drug-likeness (QED) is 0.775. The Morgan fingerprint density at radius 1 is 1.44 bits per heavy atom. The van der Waals surface area contributed by atoms with Gasteiger partial charge in [0.2, 0.25) is 0 Å². The van der Waals surface area contributed by atoms with Crippen LogP contribution in [0.4, 0.5) is 9.18 Å². The molecular weight excluding hydrogens is 209 g/mol. The summed E-state index contributed by atoms with van der Waals surface area (Å²) in [6.07, 6.45) is -0.490. The van der Waals surface area contributed by atoms with Crippen LogP contribution in [-0.4, -0.2) is 19.2 Å². The van der Waals surface area contributed by atoms with Gasteiger partial charge in [-0.15, -0.1) is 0 Å². The minimum Gasteiger partial charge on any atom is -0.450 e. The van der Waals surface area contributed by atoms with Gasteiger partial charge in [0.25, 0.3) is 0 Å². The molecule has 0 heterocycles. The first-order valence-electron chi connectivity index (χ1n) is 4.87. The molecule has 0 bridgehead atoms. The van der Waals surface area contributed by atoms with Crippen molar-refractivity contribution in [2.75, 3.05) is 13.2 Å². The second-order valence-corrected chi connectivity index (χ2v) is 2.88. The largest absolute Gasteiger partial charge is 0.450 e. The molecule has 0 unspecified atom stereocenters. The lowest BCUT2D eigenvalue weighted by Crippen LogP contribution is -2.24. The fourth-order valence-corrected chi connectivity index (χ4v) is 0.978. The number of halogens is 1. The van der Waals surface area contributed by atoms with Gasteiger partial charge in [-0.2, -0.15) is 0 Å². The molecule has 0 fully saturated rings. The Bertz CT molecular complexity index is 403. The summed E-state index contributed by atoms with van der Waals surface area (Å²) in [5, 5.41) is 2.46. The van der Waals surface area contributed by atoms with Gasteiger partial charge in [0.1, 0.15) is 5.82 Å². The Labute approximate surface area is 93.6 Å². The lowest BCUT2D eigenvalue weighted by atomic mass is 10.2. The number of carbonyl (C=O) groups excluding carboxylic acids is 1. The van der Waals surface area contributed by atoms with E-state index < -0.39 is 6.09 Å². The average Bonchev–Trinajstić information content (AvgIpc) is 2.27. The first-order valence-corrected chi connectivity index (χ1v) is 4.87. The molecule has 0 aliphatic carbocycles. The van der Waals surface area contributed by atoms with Crippen LogP contribution in [0.25, 0.3) is 0 Å². The predicted molar refractivity (Wildman–Crippen MR) is 58.3 cm³/mol. The summed E-state index contributed by atoms with van der Waals surface area (Å²) in [6.45, 7) is 2.26. The van der Waals surface area contributed by atoms with Gasteiger partial charge in [0, 0.05) is 5.56 Å². The van der Waals surface area contributed by atoms with E-state index in [9.17, 15) is 9.18 Å². The van der Waals surface area contributed by atoms with E-state index in [1.54, 1.807) is 19.1 Å². The van der Waals surface area contributed by atoms with Gasteiger partial charge >= 0.3 is 6.09 Å². The average molecular weight is 221 g/mol. The highest BCUT2D eigenvalue weighted by atomic mass is 19.1. The van der Waals surface area contributed by atoms with Gasteiger partial charge < -0.3 is 10.1 Å². The van der Waals surface area contributed by atoms with E-state index in [0.29, 0.717) is 12.2 Å². The highest BCUT2D eigenvalue weighted by Gasteiger charge is 1.95. The molecule has 0 atom stereocenters. The minimum absolute atomic E-state index is 0.205. The van der Waals surface area contributed by atoms with Crippen LogP contribution in [0.15, 0.2) is 24.3 Å². The molecule has 1 rings (SSSR count). The van der Waals surface area contributed by atoms with Gasteiger partial charge in [-0.25, -0.2) is 9.18 Å². The number of nitrogens with one attached hydrogen (secondary N) is 1. The maximum atomic E-state index is 12.5. The molecule has 0 radical (unpaired) electrons. The van der Waals surface area contributed by atoms with E-state index in [1.165, 1.54) is 12.1 Å². The van der Waals surface area contributed by atoms with Crippen LogP contribution >= 0.6 is 0 Å². The van der Waals surface area contributed by atoms with Crippen molar-refractivity contribution in [2.45, 2.75) is 6.92 Å². The van der Waals surface area contributed by atoms with Crippen molar-refractivity contribution < 1.29 is 13.9 Å². The number of hydrogen-bond acceptors (Lipinski definition) is 2. The molecule has 1 aromatic rings. The highest BCUT2D eigenvalue weighted by molar-refractivity contribution is 5.67. The summed E-state index contributed by atoms with van der Waals surface area (Å²) in [5.74, 6) is 5.21. The van der Waals surface area contributed by atoms with Gasteiger partial charge in [-0.3, -0.25) is 0 Å². The number of benzene rings is 1. The van der Waals surface area contributed by atoms with Crippen LogP contribution < -0.4 is 5.32 Å². The molecule has 0 aliphatic heterocycles. The molecule has 16 heavy (non-hydrogen) atoms. The molecular formula is C12H12FNO2. The molecule has 1 aromatic carbocycles. The minimum atomic E-state index is -0.490. The Morgan fingerprint density at radius 3 is 2.75 bits per heavy atom. The molecule has 0 saturated carbocycles. The fraction of sp³-hybridized carbons (Fsp3) is 0.250. The first kappa shape index (κ1) is 12.1. The summed E-state index contributed by atoms with van der Waals surface area (Å²) in [4.78, 5) is 10.8. The number of carbonyl (C=O) groups is 1. The van der Waals surface area contributed by atoms with Crippen molar-refractivity contribution in [1.29, 1.82) is 0 Å². The number of hydrogen-bond donors (Lipinski definition) is 1. The second-order valence-electron chi connectivity index (χ2n) is 2.88. The lowest BCUT2D eigenvalue weighted by molar-refractivity contribution is 0.153. The third-order valence-corrected chi connectivity index (χ3v) is 1.67. The van der Waals surface area contributed by atoms with E-state index in [4.69, 9.17) is 0 Å². The molecule has 1 N–H and O–H groups in total. The Morgan fingerprint density at radius 2 is 2.12 bits per heavy atom. The molecule has 0 spiro atoms. The summed E-state index contributed by atoms with van der Waals surface area (Å²) >= 11 is 0. The zero-order valence-electron chi connectivity index (χ0n) is 8.92. The van der Waals surface area contributed by atoms with Crippen molar-refractivity contribution in [3.63, 3.8) is 0 Å². The molecule has 4 heteroatoms. The number of amides is 1. The number of alkyl carbamates (subject to hydrolysis) is 1. The standard InChI is InChI=1S/C12H12FNO2/c1-2-16-12(15)14-9-3-4-10-5-7-11(13)8-6-10/h5-8H,2,9H2,1H3,(H,14,15). The molecule has 0 aromatic heterocycles. The predicted octanol–water partition coefficient (Wildman–Crippen LogP) is 1.92. The Balaban J connectivity index is 2.38. The molecule has 0 aliphatic rings. The number of ether oxygens (including phenoxy) is 1. The van der Waals surface area contributed by atoms with Gasteiger partial charge in [0.15, 0.2) is 0 Å². The fourth-order valence-electron chi connectivity index (χ4n) is 0.978. The molecule has 1 amide bonds. The normalized spacial score (nSPS) is 8.88. The number of rotatable bonds is 2. The smallest absolute Gasteiger partial charge is 0.407 e. The van der Waals surface area contributed by atoms with Crippen molar-refractivity contribution in [3.05, 3.63) is 35.6 Å². The third kappa shape index (κ3) is 4.47. The summed E-state index contributed by atoms with van der Waals surface area (Å²) < 4.78 is 17.2. The van der Waals surface area contributed by atoms with Crippen LogP contribution in [0, 0.1) is 17.7 Å². The maximum absolute atomic E-state index is 12.5. The summed E-state index contributed by atoms with van der Waals surface area (Å²) in [6, 6.07) is 5.82. The van der Waals surface area contributed by atoms with Crippen molar-refractivity contribution >= 4 is 6.09 Å². The van der Waals surface area contributed by atoms with Crippen LogP contribution in [0.2, 0.25) is 0 Å². The lowest BCUT2D eigenvalue weighted by Gasteiger charge is -1.99. The van der Waals surface area contributed by atoms with E-state index in [1.807, 2.05) is 0 Å². The van der Waals surface area contributed by atoms with Crippen LogP contribution in [-0.2, 0) is 4.74 Å². The first-order chi connectivity index (χ1) is 7.72. The van der Waals surface area contributed by atoms with E-state index >= 15 is 0 Å². The van der Waals surface area contributed by atoms with E-state index in [0.717, 1.165) is 0 Å². The van der Waals surface area contributed by atoms with Crippen LogP contribution in [0.1, 0.15) is 12.5 Å². The zero-order valence-corrected chi connectivity index (χ0v) is 8.92. The van der Waals surface area contributed by atoms with Crippen LogP contribution in [0.5, 0.6) is 0 Å². The molecule has 0 saturated heterocycles. The Hall–Kier alpha value is -2.02. The topological polar surface area (TPSA) is 38.3 Å². The van der Waals surface area contributed by atoms with E-state index in [2.05, 4.69) is 21.9 Å². The highest BCUT2D eigenvalue weighted by Crippen LogP contribution is 2.00. The van der Waals surface area contributed by atoms with E-state index in [-0.39, 0.29) is 12.4 Å². The summed E-state index contributed by atoms with van der Waals surface area (Å²) in [7, 11) is 0. The second kappa shape index (κ2) is 6.46. The van der Waals surface area contributed by atoms with Gasteiger partial charge in [-0.05, 0) is 31.2 Å². The molecule has 3 nitrogen and oxygen atoms in total. The van der Waals surface area contributed by atoms with Crippen LogP contribution in [0.3, 0.4) is 0 Å². The SMILES string of the molecule is CCOC(=O)NCC#Cc1ccc(F)cc1. The van der Waals surface area contributed by atoms with Gasteiger partial charge in [0.05, 0.1) is 13.2 Å². The van der Waals surface area contributed by atoms with Gasteiger partial charge in [-0.1, -0.05) is 11.8 Å². The monoisotopic (exact) mass is 221 g/mol. The maximum Gasteiger partial charge on any atom is 0.407 e. The Kier molecular flexibility index (Phi) is 4.87. The van der Waals surface area contributed by atoms with Crippen molar-refractivity contribution in [2.24, 2.45) is 0 Å². The summed E-state index contributed by atoms with van der Waals surface area (Å²) in [5.41, 5.74) is 0.701. The molecule has 84 valence electrons.